The van der Waals surface area contributed by atoms with Crippen molar-refractivity contribution >= 4 is 16.1 Å². The molecule has 0 saturated carbocycles. The van der Waals surface area contributed by atoms with Crippen LogP contribution in [-0.2, 0) is 19.7 Å². The minimum absolute atomic E-state index is 0.164. The second-order valence-electron chi connectivity index (χ2n) is 4.57. The Morgan fingerprint density at radius 1 is 1.32 bits per heavy atom. The average Bonchev–Trinajstić information content (AvgIpc) is 2.40. The van der Waals surface area contributed by atoms with Crippen LogP contribution in [0.3, 0.4) is 0 Å². The van der Waals surface area contributed by atoms with E-state index in [-0.39, 0.29) is 12.5 Å². The lowest BCUT2D eigenvalue weighted by molar-refractivity contribution is -0.121. The first-order valence-electron chi connectivity index (χ1n) is 6.45. The predicted molar refractivity (Wildman–Crippen MR) is 71.9 cm³/mol. The summed E-state index contributed by atoms with van der Waals surface area (Å²) in [5.74, 6) is -0.319. The number of methoxy groups -OCH3 is 1. The molecule has 1 aliphatic heterocycles. The van der Waals surface area contributed by atoms with Gasteiger partial charge in [0.25, 0.3) is 10.2 Å². The number of likely N-dealkylation sites (N-methyl/N-ethyl adjacent to an activating group) is 1. The maximum atomic E-state index is 12.2. The number of nitrogens with one attached hydrogen (secondary N) is 1. The molecule has 0 radical (unpaired) electrons. The Hall–Kier alpha value is -0.700. The van der Waals surface area contributed by atoms with Crippen molar-refractivity contribution in [2.45, 2.75) is 19.3 Å². The molecule has 7 nitrogen and oxygen atoms in total. The van der Waals surface area contributed by atoms with Gasteiger partial charge >= 0.3 is 0 Å². The highest BCUT2D eigenvalue weighted by atomic mass is 32.2. The normalized spacial score (nSPS) is 17.6. The molecule has 1 saturated heterocycles. The molecule has 1 heterocycles. The fourth-order valence-electron chi connectivity index (χ4n) is 1.92. The lowest BCUT2D eigenvalue weighted by Crippen LogP contribution is -2.47. The van der Waals surface area contributed by atoms with E-state index in [0.717, 1.165) is 23.6 Å². The molecule has 0 aromatic rings. The van der Waals surface area contributed by atoms with Crippen molar-refractivity contribution in [1.82, 2.24) is 13.9 Å². The molecule has 112 valence electrons. The zero-order valence-electron chi connectivity index (χ0n) is 11.6. The Labute approximate surface area is 115 Å². The first-order valence-corrected chi connectivity index (χ1v) is 7.85. The summed E-state index contributed by atoms with van der Waals surface area (Å²) in [4.78, 5) is 11.6. The van der Waals surface area contributed by atoms with Crippen molar-refractivity contribution in [3.05, 3.63) is 0 Å². The van der Waals surface area contributed by atoms with Crippen molar-refractivity contribution in [3.63, 3.8) is 0 Å². The monoisotopic (exact) mass is 293 g/mol. The molecule has 8 heteroatoms. The zero-order chi connectivity index (χ0) is 14.3. The molecule has 1 amide bonds. The van der Waals surface area contributed by atoms with E-state index in [0.29, 0.717) is 26.2 Å². The standard InChI is InChI=1S/C11H23N3O4S/c1-13(10-11(15)12-6-9-18-2)19(16,17)14-7-4-3-5-8-14/h3-10H2,1-2H3,(H,12,15). The third-order valence-corrected chi connectivity index (χ3v) is 4.96. The number of carbonyl (C=O) groups excluding carboxylic acids is 1. The zero-order valence-corrected chi connectivity index (χ0v) is 12.4. The smallest absolute Gasteiger partial charge is 0.282 e. The number of nitrogens with zero attached hydrogens (tertiary/aromatic N) is 2. The van der Waals surface area contributed by atoms with Crippen LogP contribution in [0.2, 0.25) is 0 Å². The van der Waals surface area contributed by atoms with Crippen molar-refractivity contribution in [1.29, 1.82) is 0 Å². The molecule has 1 aliphatic rings. The topological polar surface area (TPSA) is 79.0 Å². The molecule has 0 atom stereocenters. The molecule has 0 bridgehead atoms. The Morgan fingerprint density at radius 3 is 2.53 bits per heavy atom. The molecular formula is C11H23N3O4S. The van der Waals surface area contributed by atoms with Crippen LogP contribution in [0.1, 0.15) is 19.3 Å². The molecule has 1 fully saturated rings. The first-order chi connectivity index (χ1) is 8.98. The summed E-state index contributed by atoms with van der Waals surface area (Å²) in [6.07, 6.45) is 2.83. The lowest BCUT2D eigenvalue weighted by Gasteiger charge is -2.29. The summed E-state index contributed by atoms with van der Waals surface area (Å²) < 4.78 is 31.7. The van der Waals surface area contributed by atoms with Gasteiger partial charge in [0, 0.05) is 33.8 Å². The minimum atomic E-state index is -3.51. The van der Waals surface area contributed by atoms with Crippen LogP contribution >= 0.6 is 0 Å². The van der Waals surface area contributed by atoms with Crippen LogP contribution in [0, 0.1) is 0 Å². The molecule has 0 aliphatic carbocycles. The largest absolute Gasteiger partial charge is 0.383 e. The first kappa shape index (κ1) is 16.4. The van der Waals surface area contributed by atoms with Crippen LogP contribution in [0.5, 0.6) is 0 Å². The maximum absolute atomic E-state index is 12.2. The quantitative estimate of drug-likeness (QED) is 0.637. The van der Waals surface area contributed by atoms with Crippen molar-refractivity contribution in [2.24, 2.45) is 0 Å². The summed E-state index contributed by atoms with van der Waals surface area (Å²) >= 11 is 0. The lowest BCUT2D eigenvalue weighted by atomic mass is 10.2. The number of rotatable bonds is 7. The van der Waals surface area contributed by atoms with Gasteiger partial charge in [-0.15, -0.1) is 0 Å². The predicted octanol–water partition coefficient (Wildman–Crippen LogP) is -0.588. The van der Waals surface area contributed by atoms with E-state index in [2.05, 4.69) is 5.32 Å². The van der Waals surface area contributed by atoms with E-state index in [1.165, 1.54) is 11.4 Å². The second-order valence-corrected chi connectivity index (χ2v) is 6.60. The van der Waals surface area contributed by atoms with Crippen LogP contribution < -0.4 is 5.32 Å². The number of ether oxygens (including phenoxy) is 1. The SMILES string of the molecule is COCCNC(=O)CN(C)S(=O)(=O)N1CCCCC1. The van der Waals surface area contributed by atoms with E-state index in [1.54, 1.807) is 7.11 Å². The van der Waals surface area contributed by atoms with Gasteiger partial charge in [-0.1, -0.05) is 6.42 Å². The van der Waals surface area contributed by atoms with E-state index >= 15 is 0 Å². The molecule has 1 rings (SSSR count). The molecule has 0 aromatic carbocycles. The van der Waals surface area contributed by atoms with Gasteiger partial charge in [-0.25, -0.2) is 0 Å². The van der Waals surface area contributed by atoms with E-state index < -0.39 is 10.2 Å². The highest BCUT2D eigenvalue weighted by molar-refractivity contribution is 7.86. The van der Waals surface area contributed by atoms with Gasteiger partial charge in [0.15, 0.2) is 0 Å². The van der Waals surface area contributed by atoms with E-state index in [1.807, 2.05) is 0 Å². The fraction of sp³-hybridized carbons (Fsp3) is 0.909. The molecule has 0 spiro atoms. The highest BCUT2D eigenvalue weighted by Crippen LogP contribution is 2.15. The minimum Gasteiger partial charge on any atom is -0.383 e. The van der Waals surface area contributed by atoms with Crippen molar-refractivity contribution < 1.29 is 17.9 Å². The maximum Gasteiger partial charge on any atom is 0.282 e. The van der Waals surface area contributed by atoms with Crippen molar-refractivity contribution in [3.8, 4) is 0 Å². The fourth-order valence-corrected chi connectivity index (χ4v) is 3.32. The van der Waals surface area contributed by atoms with Gasteiger partial charge in [0.2, 0.25) is 5.91 Å². The van der Waals surface area contributed by atoms with Gasteiger partial charge in [-0.05, 0) is 12.8 Å². The number of carbonyl (C=O) groups is 1. The average molecular weight is 293 g/mol. The van der Waals surface area contributed by atoms with Gasteiger partial charge in [-0.3, -0.25) is 4.79 Å². The van der Waals surface area contributed by atoms with Crippen LogP contribution in [0.25, 0.3) is 0 Å². The molecule has 1 N–H and O–H groups in total. The van der Waals surface area contributed by atoms with Gasteiger partial charge < -0.3 is 10.1 Å². The van der Waals surface area contributed by atoms with Crippen LogP contribution in [0.4, 0.5) is 0 Å². The summed E-state index contributed by atoms with van der Waals surface area (Å²) in [5, 5.41) is 2.60. The van der Waals surface area contributed by atoms with Gasteiger partial charge in [0.1, 0.15) is 0 Å². The van der Waals surface area contributed by atoms with Crippen LogP contribution in [-0.4, -0.2) is 69.9 Å². The molecular weight excluding hydrogens is 270 g/mol. The summed E-state index contributed by atoms with van der Waals surface area (Å²) in [7, 11) is -0.542. The Balaban J connectivity index is 2.46. The molecule has 0 unspecified atom stereocenters. The number of hydrogen-bond acceptors (Lipinski definition) is 4. The third-order valence-electron chi connectivity index (χ3n) is 3.03. The van der Waals surface area contributed by atoms with Gasteiger partial charge in [-0.2, -0.15) is 17.0 Å². The Bertz CT molecular complexity index is 379. The summed E-state index contributed by atoms with van der Waals surface area (Å²) in [6, 6.07) is 0. The number of amides is 1. The molecule has 19 heavy (non-hydrogen) atoms. The Kier molecular flexibility index (Phi) is 6.70. The second kappa shape index (κ2) is 7.78. The van der Waals surface area contributed by atoms with E-state index in [4.69, 9.17) is 4.74 Å². The van der Waals surface area contributed by atoms with E-state index in [9.17, 15) is 13.2 Å². The number of piperidine rings is 1. The summed E-state index contributed by atoms with van der Waals surface area (Å²) in [5.41, 5.74) is 0. The highest BCUT2D eigenvalue weighted by Gasteiger charge is 2.29. The Morgan fingerprint density at radius 2 is 1.95 bits per heavy atom. The van der Waals surface area contributed by atoms with Crippen molar-refractivity contribution in [2.75, 3.05) is 46.9 Å². The number of hydrogen-bond donors (Lipinski definition) is 1. The van der Waals surface area contributed by atoms with Crippen LogP contribution in [0.15, 0.2) is 0 Å². The molecule has 0 aromatic heterocycles. The third kappa shape index (κ3) is 5.06. The summed E-state index contributed by atoms with van der Waals surface area (Å²) in [6.45, 7) is 1.71. The van der Waals surface area contributed by atoms with Gasteiger partial charge in [0.05, 0.1) is 13.2 Å².